The van der Waals surface area contributed by atoms with Crippen LogP contribution in [0.15, 0.2) is 24.3 Å². The van der Waals surface area contributed by atoms with Gasteiger partial charge in [0, 0.05) is 17.2 Å². The third kappa shape index (κ3) is 6.46. The lowest BCUT2D eigenvalue weighted by Crippen LogP contribution is -2.15. The summed E-state index contributed by atoms with van der Waals surface area (Å²) in [5, 5.41) is 0. The zero-order valence-corrected chi connectivity index (χ0v) is 17.7. The molecule has 0 aromatic heterocycles. The van der Waals surface area contributed by atoms with Crippen molar-refractivity contribution in [3.05, 3.63) is 33.4 Å². The molecule has 144 valence electrons. The summed E-state index contributed by atoms with van der Waals surface area (Å²) >= 11 is 2.19. The fourth-order valence-corrected chi connectivity index (χ4v) is 3.62. The van der Waals surface area contributed by atoms with Crippen molar-refractivity contribution in [1.29, 1.82) is 0 Å². The predicted octanol–water partition coefficient (Wildman–Crippen LogP) is 4.85. The van der Waals surface area contributed by atoms with E-state index in [0.717, 1.165) is 15.7 Å². The SMILES string of the molecule is C=C(C)C(=O)OCc1cc(I)c(OCOCC2CCCCC2)cc1OC. The molecule has 1 aromatic carbocycles. The Bertz CT molecular complexity index is 623. The van der Waals surface area contributed by atoms with E-state index in [1.807, 2.05) is 6.07 Å². The van der Waals surface area contributed by atoms with Gasteiger partial charge in [0.1, 0.15) is 18.1 Å². The molecule has 2 rings (SSSR count). The van der Waals surface area contributed by atoms with Gasteiger partial charge in [-0.25, -0.2) is 4.79 Å². The van der Waals surface area contributed by atoms with Gasteiger partial charge in [0.15, 0.2) is 6.79 Å². The van der Waals surface area contributed by atoms with Crippen molar-refractivity contribution in [2.75, 3.05) is 20.5 Å². The molecule has 0 saturated heterocycles. The largest absolute Gasteiger partial charge is 0.496 e. The van der Waals surface area contributed by atoms with Crippen LogP contribution in [0.3, 0.4) is 0 Å². The lowest BCUT2D eigenvalue weighted by atomic mass is 9.90. The Balaban J connectivity index is 1.88. The van der Waals surface area contributed by atoms with Crippen LogP contribution >= 0.6 is 22.6 Å². The third-order valence-electron chi connectivity index (χ3n) is 4.42. The van der Waals surface area contributed by atoms with Gasteiger partial charge in [0.05, 0.1) is 17.3 Å². The Labute approximate surface area is 169 Å². The highest BCUT2D eigenvalue weighted by molar-refractivity contribution is 14.1. The normalized spacial score (nSPS) is 14.7. The number of hydrogen-bond donors (Lipinski definition) is 0. The van der Waals surface area contributed by atoms with E-state index in [1.54, 1.807) is 20.1 Å². The summed E-state index contributed by atoms with van der Waals surface area (Å²) < 4.78 is 23.0. The van der Waals surface area contributed by atoms with Crippen LogP contribution < -0.4 is 9.47 Å². The van der Waals surface area contributed by atoms with Crippen molar-refractivity contribution in [3.8, 4) is 11.5 Å². The second kappa shape index (κ2) is 10.8. The number of halogens is 1. The van der Waals surface area contributed by atoms with Crippen molar-refractivity contribution >= 4 is 28.6 Å². The smallest absolute Gasteiger partial charge is 0.333 e. The topological polar surface area (TPSA) is 54.0 Å². The van der Waals surface area contributed by atoms with Gasteiger partial charge in [-0.05, 0) is 54.3 Å². The number of carbonyl (C=O) groups excluding carboxylic acids is 1. The average molecular weight is 474 g/mol. The van der Waals surface area contributed by atoms with E-state index in [1.165, 1.54) is 32.1 Å². The first-order valence-corrected chi connectivity index (χ1v) is 9.98. The van der Waals surface area contributed by atoms with Gasteiger partial charge in [-0.15, -0.1) is 0 Å². The predicted molar refractivity (Wildman–Crippen MR) is 108 cm³/mol. The van der Waals surface area contributed by atoms with Crippen LogP contribution in [0.2, 0.25) is 0 Å². The maximum atomic E-state index is 11.6. The molecule has 1 aromatic rings. The molecule has 0 atom stereocenters. The molecule has 0 N–H and O–H groups in total. The highest BCUT2D eigenvalue weighted by Crippen LogP contribution is 2.31. The highest BCUT2D eigenvalue weighted by atomic mass is 127. The first kappa shape index (κ1) is 21.0. The number of rotatable bonds is 9. The molecule has 1 fully saturated rings. The van der Waals surface area contributed by atoms with Gasteiger partial charge in [-0.2, -0.15) is 0 Å². The maximum absolute atomic E-state index is 11.6. The molecule has 0 heterocycles. The number of methoxy groups -OCH3 is 1. The fourth-order valence-electron chi connectivity index (χ4n) is 2.93. The molecule has 0 radical (unpaired) electrons. The van der Waals surface area contributed by atoms with E-state index in [0.29, 0.717) is 23.0 Å². The Morgan fingerprint density at radius 3 is 2.62 bits per heavy atom. The Morgan fingerprint density at radius 2 is 1.96 bits per heavy atom. The molecular weight excluding hydrogens is 447 g/mol. The lowest BCUT2D eigenvalue weighted by molar-refractivity contribution is -0.140. The van der Waals surface area contributed by atoms with Crippen molar-refractivity contribution < 1.29 is 23.7 Å². The number of carbonyl (C=O) groups is 1. The monoisotopic (exact) mass is 474 g/mol. The molecule has 0 bridgehead atoms. The molecule has 1 saturated carbocycles. The van der Waals surface area contributed by atoms with Gasteiger partial charge in [0.2, 0.25) is 0 Å². The lowest BCUT2D eigenvalue weighted by Gasteiger charge is -2.21. The maximum Gasteiger partial charge on any atom is 0.333 e. The summed E-state index contributed by atoms with van der Waals surface area (Å²) in [7, 11) is 1.58. The van der Waals surface area contributed by atoms with E-state index >= 15 is 0 Å². The fraction of sp³-hybridized carbons (Fsp3) is 0.550. The van der Waals surface area contributed by atoms with E-state index in [2.05, 4.69) is 29.2 Å². The van der Waals surface area contributed by atoms with Gasteiger partial charge in [-0.3, -0.25) is 0 Å². The summed E-state index contributed by atoms with van der Waals surface area (Å²) in [6.45, 7) is 6.30. The second-order valence-electron chi connectivity index (χ2n) is 6.59. The molecule has 1 aliphatic carbocycles. The van der Waals surface area contributed by atoms with Crippen LogP contribution in [-0.4, -0.2) is 26.5 Å². The Kier molecular flexibility index (Phi) is 8.71. The molecule has 0 amide bonds. The highest BCUT2D eigenvalue weighted by Gasteiger charge is 2.15. The molecule has 6 heteroatoms. The molecule has 1 aliphatic rings. The van der Waals surface area contributed by atoms with Gasteiger partial charge in [-0.1, -0.05) is 25.8 Å². The van der Waals surface area contributed by atoms with E-state index in [9.17, 15) is 4.79 Å². The number of benzene rings is 1. The quantitative estimate of drug-likeness (QED) is 0.168. The minimum atomic E-state index is -0.418. The Hall–Kier alpha value is -1.28. The summed E-state index contributed by atoms with van der Waals surface area (Å²) in [5.74, 6) is 1.55. The van der Waals surface area contributed by atoms with Crippen LogP contribution in [0.1, 0.15) is 44.6 Å². The van der Waals surface area contributed by atoms with Crippen LogP contribution in [0, 0.1) is 9.49 Å². The zero-order chi connectivity index (χ0) is 18.9. The van der Waals surface area contributed by atoms with Crippen molar-refractivity contribution in [1.82, 2.24) is 0 Å². The Morgan fingerprint density at radius 1 is 1.23 bits per heavy atom. The summed E-state index contributed by atoms with van der Waals surface area (Å²) in [4.78, 5) is 11.6. The zero-order valence-electron chi connectivity index (χ0n) is 15.5. The summed E-state index contributed by atoms with van der Waals surface area (Å²) in [5.41, 5.74) is 1.15. The van der Waals surface area contributed by atoms with Crippen LogP contribution in [0.5, 0.6) is 11.5 Å². The van der Waals surface area contributed by atoms with Crippen molar-refractivity contribution in [2.24, 2.45) is 5.92 Å². The van der Waals surface area contributed by atoms with Crippen LogP contribution in [-0.2, 0) is 20.9 Å². The van der Waals surface area contributed by atoms with Crippen molar-refractivity contribution in [3.63, 3.8) is 0 Å². The van der Waals surface area contributed by atoms with Crippen LogP contribution in [0.4, 0.5) is 0 Å². The van der Waals surface area contributed by atoms with Gasteiger partial charge in [0.25, 0.3) is 0 Å². The average Bonchev–Trinajstić information content (AvgIpc) is 2.65. The molecule has 0 aliphatic heterocycles. The number of hydrogen-bond acceptors (Lipinski definition) is 5. The van der Waals surface area contributed by atoms with Crippen molar-refractivity contribution in [2.45, 2.75) is 45.6 Å². The molecular formula is C20H27IO5. The molecule has 0 unspecified atom stereocenters. The summed E-state index contributed by atoms with van der Waals surface area (Å²) in [6, 6.07) is 3.69. The third-order valence-corrected chi connectivity index (χ3v) is 5.26. The van der Waals surface area contributed by atoms with E-state index in [-0.39, 0.29) is 13.4 Å². The second-order valence-corrected chi connectivity index (χ2v) is 7.75. The first-order chi connectivity index (χ1) is 12.5. The minimum Gasteiger partial charge on any atom is -0.496 e. The standard InChI is InChI=1S/C20H27IO5/c1-14(2)20(22)25-12-16-9-17(21)19(10-18(16)23-3)26-13-24-11-15-7-5-4-6-8-15/h9-10,15H,1,4-8,11-13H2,2-3H3. The molecule has 0 spiro atoms. The van der Waals surface area contributed by atoms with E-state index in [4.69, 9.17) is 18.9 Å². The van der Waals surface area contributed by atoms with E-state index < -0.39 is 5.97 Å². The van der Waals surface area contributed by atoms with Gasteiger partial charge < -0.3 is 18.9 Å². The summed E-state index contributed by atoms with van der Waals surface area (Å²) in [6.07, 6.45) is 6.47. The number of esters is 1. The van der Waals surface area contributed by atoms with Crippen LogP contribution in [0.25, 0.3) is 0 Å². The molecule has 26 heavy (non-hydrogen) atoms. The first-order valence-electron chi connectivity index (χ1n) is 8.90. The van der Waals surface area contributed by atoms with Gasteiger partial charge >= 0.3 is 5.97 Å². The number of ether oxygens (including phenoxy) is 4. The minimum absolute atomic E-state index is 0.128. The molecule has 5 nitrogen and oxygen atoms in total.